The van der Waals surface area contributed by atoms with Gasteiger partial charge in [-0.1, -0.05) is 6.92 Å². The lowest BCUT2D eigenvalue weighted by molar-refractivity contribution is 0.475. The molecule has 1 aliphatic heterocycles. The van der Waals surface area contributed by atoms with Gasteiger partial charge in [-0.3, -0.25) is 0 Å². The number of aromatic nitrogens is 6. The van der Waals surface area contributed by atoms with E-state index < -0.39 is 0 Å². The Kier molecular flexibility index (Phi) is 3.94. The molecule has 0 aliphatic carbocycles. The fourth-order valence-electron chi connectivity index (χ4n) is 3.73. The minimum atomic E-state index is 0.396. The van der Waals surface area contributed by atoms with Crippen LogP contribution >= 0.6 is 0 Å². The maximum Gasteiger partial charge on any atom is 0.160 e. The molecule has 0 N–H and O–H groups in total. The Morgan fingerprint density at radius 2 is 2.12 bits per heavy atom. The van der Waals surface area contributed by atoms with E-state index in [0.29, 0.717) is 5.92 Å². The first-order valence-electron chi connectivity index (χ1n) is 9.03. The van der Waals surface area contributed by atoms with Gasteiger partial charge in [0.1, 0.15) is 18.0 Å². The predicted octanol–water partition coefficient (Wildman–Crippen LogP) is 2.42. The van der Waals surface area contributed by atoms with Gasteiger partial charge in [0.15, 0.2) is 5.65 Å². The predicted molar refractivity (Wildman–Crippen MR) is 97.0 cm³/mol. The van der Waals surface area contributed by atoms with Crippen molar-refractivity contribution in [1.29, 1.82) is 0 Å². The maximum absolute atomic E-state index is 4.80. The zero-order valence-electron chi connectivity index (χ0n) is 15.4. The molecule has 25 heavy (non-hydrogen) atoms. The summed E-state index contributed by atoms with van der Waals surface area (Å²) in [7, 11) is 2.02. The second kappa shape index (κ2) is 6.13. The molecule has 7 heteroatoms. The third-order valence-electron chi connectivity index (χ3n) is 5.31. The molecule has 3 aromatic rings. The number of aryl methyl sites for hydroxylation is 4. The van der Waals surface area contributed by atoms with Crippen molar-refractivity contribution in [2.24, 2.45) is 7.05 Å². The molecule has 0 amide bonds. The molecule has 1 atom stereocenters. The fourth-order valence-corrected chi connectivity index (χ4v) is 3.73. The lowest BCUT2D eigenvalue weighted by atomic mass is 9.97. The van der Waals surface area contributed by atoms with Crippen LogP contribution in [-0.4, -0.2) is 42.5 Å². The first kappa shape index (κ1) is 16.1. The highest BCUT2D eigenvalue weighted by Crippen LogP contribution is 2.30. The molecule has 0 saturated carbocycles. The van der Waals surface area contributed by atoms with E-state index in [2.05, 4.69) is 41.9 Å². The van der Waals surface area contributed by atoms with E-state index >= 15 is 0 Å². The zero-order valence-corrected chi connectivity index (χ0v) is 15.4. The van der Waals surface area contributed by atoms with Crippen LogP contribution in [0.4, 0.5) is 5.82 Å². The minimum absolute atomic E-state index is 0.396. The smallest absolute Gasteiger partial charge is 0.160 e. The van der Waals surface area contributed by atoms with Crippen LogP contribution in [0.15, 0.2) is 12.4 Å². The number of nitrogens with zero attached hydrogens (tertiary/aromatic N) is 7. The Balaban J connectivity index is 1.75. The van der Waals surface area contributed by atoms with E-state index in [-0.39, 0.29) is 0 Å². The summed E-state index contributed by atoms with van der Waals surface area (Å²) >= 11 is 0. The Labute approximate surface area is 147 Å². The van der Waals surface area contributed by atoms with E-state index in [4.69, 9.17) is 10.1 Å². The molecule has 0 radical (unpaired) electrons. The summed E-state index contributed by atoms with van der Waals surface area (Å²) in [6, 6.07) is 2.19. The van der Waals surface area contributed by atoms with E-state index in [9.17, 15) is 0 Å². The molecule has 132 valence electrons. The summed E-state index contributed by atoms with van der Waals surface area (Å²) in [6.45, 7) is 8.28. The largest absolute Gasteiger partial charge is 0.356 e. The van der Waals surface area contributed by atoms with Crippen LogP contribution < -0.4 is 4.90 Å². The van der Waals surface area contributed by atoms with Gasteiger partial charge in [0.2, 0.25) is 0 Å². The molecular formula is C18H25N7. The van der Waals surface area contributed by atoms with Crippen molar-refractivity contribution < 1.29 is 0 Å². The topological polar surface area (TPSA) is 64.1 Å². The van der Waals surface area contributed by atoms with Gasteiger partial charge in [0.05, 0.1) is 5.69 Å². The van der Waals surface area contributed by atoms with Crippen molar-refractivity contribution in [3.63, 3.8) is 0 Å². The maximum atomic E-state index is 4.80. The number of fused-ring (bicyclic) bond motifs is 1. The van der Waals surface area contributed by atoms with Gasteiger partial charge in [-0.15, -0.1) is 10.2 Å². The molecule has 0 unspecified atom stereocenters. The van der Waals surface area contributed by atoms with E-state index in [1.54, 1.807) is 6.33 Å². The number of anilines is 1. The van der Waals surface area contributed by atoms with Gasteiger partial charge < -0.3 is 9.47 Å². The lowest BCUT2D eigenvalue weighted by Crippen LogP contribution is -2.36. The van der Waals surface area contributed by atoms with Gasteiger partial charge in [-0.2, -0.15) is 9.61 Å². The molecular weight excluding hydrogens is 314 g/mol. The van der Waals surface area contributed by atoms with Crippen molar-refractivity contribution in [1.82, 2.24) is 29.4 Å². The SMILES string of the molecule is CCc1cc(N2CCC[C@@H](c3nncn3C)C2)n2nc(C)c(C)c2n1. The Morgan fingerprint density at radius 1 is 1.28 bits per heavy atom. The molecule has 0 bridgehead atoms. The van der Waals surface area contributed by atoms with Crippen LogP contribution in [0.3, 0.4) is 0 Å². The number of hydrogen-bond acceptors (Lipinski definition) is 5. The summed E-state index contributed by atoms with van der Waals surface area (Å²) in [5.74, 6) is 2.61. The third-order valence-corrected chi connectivity index (χ3v) is 5.31. The fraction of sp³-hybridized carbons (Fsp3) is 0.556. The van der Waals surface area contributed by atoms with E-state index in [1.165, 1.54) is 5.56 Å². The van der Waals surface area contributed by atoms with Crippen LogP contribution in [0.1, 0.15) is 48.5 Å². The zero-order chi connectivity index (χ0) is 17.6. The number of rotatable bonds is 3. The normalized spacial score (nSPS) is 18.2. The first-order chi connectivity index (χ1) is 12.1. The van der Waals surface area contributed by atoms with E-state index in [1.807, 2.05) is 16.1 Å². The van der Waals surface area contributed by atoms with Crippen LogP contribution in [0, 0.1) is 13.8 Å². The highest BCUT2D eigenvalue weighted by Gasteiger charge is 2.27. The second-order valence-corrected chi connectivity index (χ2v) is 6.99. The molecule has 0 spiro atoms. The van der Waals surface area contributed by atoms with Crippen LogP contribution in [-0.2, 0) is 13.5 Å². The van der Waals surface area contributed by atoms with Crippen LogP contribution in [0.25, 0.3) is 5.65 Å². The van der Waals surface area contributed by atoms with E-state index in [0.717, 1.165) is 61.0 Å². The molecule has 7 nitrogen and oxygen atoms in total. The van der Waals surface area contributed by atoms with Gasteiger partial charge in [-0.25, -0.2) is 4.98 Å². The Bertz CT molecular complexity index is 908. The molecule has 3 aromatic heterocycles. The summed E-state index contributed by atoms with van der Waals surface area (Å²) in [5, 5.41) is 13.1. The monoisotopic (exact) mass is 339 g/mol. The molecule has 4 heterocycles. The summed E-state index contributed by atoms with van der Waals surface area (Å²) in [6.07, 6.45) is 5.00. The van der Waals surface area contributed by atoms with Crippen LogP contribution in [0.5, 0.6) is 0 Å². The highest BCUT2D eigenvalue weighted by molar-refractivity contribution is 5.57. The van der Waals surface area contributed by atoms with Crippen molar-refractivity contribution in [2.75, 3.05) is 18.0 Å². The van der Waals surface area contributed by atoms with Gasteiger partial charge in [0.25, 0.3) is 0 Å². The molecule has 1 aliphatic rings. The Morgan fingerprint density at radius 3 is 2.84 bits per heavy atom. The van der Waals surface area contributed by atoms with Crippen molar-refractivity contribution in [2.45, 2.75) is 46.0 Å². The average molecular weight is 339 g/mol. The van der Waals surface area contributed by atoms with Crippen molar-refractivity contribution in [3.8, 4) is 0 Å². The minimum Gasteiger partial charge on any atom is -0.356 e. The summed E-state index contributed by atoms with van der Waals surface area (Å²) in [5.41, 5.74) is 4.31. The number of hydrogen-bond donors (Lipinski definition) is 0. The summed E-state index contributed by atoms with van der Waals surface area (Å²) in [4.78, 5) is 7.23. The Hall–Kier alpha value is -2.44. The molecule has 1 fully saturated rings. The second-order valence-electron chi connectivity index (χ2n) is 6.99. The van der Waals surface area contributed by atoms with Crippen LogP contribution in [0.2, 0.25) is 0 Å². The quantitative estimate of drug-likeness (QED) is 0.733. The van der Waals surface area contributed by atoms with Gasteiger partial charge in [-0.05, 0) is 33.1 Å². The standard InChI is InChI=1S/C18H25N7/c1-5-15-9-16(25-17(20-15)12(2)13(3)22-25)24-8-6-7-14(10-24)18-21-19-11-23(18)4/h9,11,14H,5-8,10H2,1-4H3/t14-/m1/s1. The average Bonchev–Trinajstić information content (AvgIpc) is 3.18. The van der Waals surface area contributed by atoms with Gasteiger partial charge in [0, 0.05) is 43.4 Å². The first-order valence-corrected chi connectivity index (χ1v) is 9.03. The lowest BCUT2D eigenvalue weighted by Gasteiger charge is -2.34. The third kappa shape index (κ3) is 2.67. The number of piperidine rings is 1. The van der Waals surface area contributed by atoms with Gasteiger partial charge >= 0.3 is 0 Å². The molecule has 1 saturated heterocycles. The van der Waals surface area contributed by atoms with Crippen molar-refractivity contribution in [3.05, 3.63) is 35.2 Å². The highest BCUT2D eigenvalue weighted by atomic mass is 15.4. The summed E-state index contributed by atoms with van der Waals surface area (Å²) < 4.78 is 4.05. The molecule has 4 rings (SSSR count). The molecule has 0 aromatic carbocycles. The van der Waals surface area contributed by atoms with Crippen molar-refractivity contribution >= 4 is 11.5 Å².